The number of hydrogen-bond acceptors (Lipinski definition) is 4. The van der Waals surface area contributed by atoms with Gasteiger partial charge in [0.15, 0.2) is 5.69 Å². The van der Waals surface area contributed by atoms with Crippen molar-refractivity contribution >= 4 is 5.91 Å². The van der Waals surface area contributed by atoms with E-state index < -0.39 is 12.2 Å². The number of aromatic nitrogens is 2. The second-order valence-corrected chi connectivity index (χ2v) is 7.92. The van der Waals surface area contributed by atoms with Gasteiger partial charge in [0.1, 0.15) is 11.6 Å². The van der Waals surface area contributed by atoms with Gasteiger partial charge in [-0.3, -0.25) is 4.79 Å². The normalized spacial score (nSPS) is 13.6. The van der Waals surface area contributed by atoms with Gasteiger partial charge >= 0.3 is 0 Å². The number of rotatable bonds is 9. The van der Waals surface area contributed by atoms with Gasteiger partial charge < -0.3 is 19.7 Å². The van der Waals surface area contributed by atoms with Crippen LogP contribution >= 0.6 is 0 Å². The molecule has 0 fully saturated rings. The van der Waals surface area contributed by atoms with Gasteiger partial charge in [0.25, 0.3) is 5.91 Å². The van der Waals surface area contributed by atoms with E-state index >= 15 is 0 Å². The first kappa shape index (κ1) is 23.0. The predicted octanol–water partition coefficient (Wildman–Crippen LogP) is 3.43. The van der Waals surface area contributed by atoms with E-state index in [0.29, 0.717) is 42.9 Å². The summed E-state index contributed by atoms with van der Waals surface area (Å²) in [5, 5.41) is 20.1. The Morgan fingerprint density at radius 1 is 1.17 bits per heavy atom. The number of halogens is 1. The minimum absolute atomic E-state index is 0.0222. The monoisotopic (exact) mass is 405 g/mol. The van der Waals surface area contributed by atoms with Gasteiger partial charge in [-0.1, -0.05) is 20.8 Å². The fourth-order valence-electron chi connectivity index (χ4n) is 3.34. The Kier molecular flexibility index (Phi) is 7.93. The smallest absolute Gasteiger partial charge is 0.273 e. The van der Waals surface area contributed by atoms with Crippen molar-refractivity contribution < 1.29 is 19.4 Å². The second-order valence-electron chi connectivity index (χ2n) is 7.92. The van der Waals surface area contributed by atoms with Crippen molar-refractivity contribution in [3.05, 3.63) is 41.5 Å². The van der Waals surface area contributed by atoms with Crippen LogP contribution < -0.4 is 0 Å². The van der Waals surface area contributed by atoms with Gasteiger partial charge in [-0.15, -0.1) is 0 Å². The Morgan fingerprint density at radius 2 is 1.79 bits per heavy atom. The molecule has 0 aliphatic rings. The summed E-state index contributed by atoms with van der Waals surface area (Å²) < 4.78 is 15.4. The third kappa shape index (κ3) is 5.64. The average molecular weight is 406 g/mol. The Balaban J connectivity index is 2.49. The molecule has 1 aromatic heterocycles. The number of carbonyl (C=O) groups is 1. The highest BCUT2D eigenvalue weighted by Crippen LogP contribution is 2.29. The summed E-state index contributed by atoms with van der Waals surface area (Å²) in [4.78, 5) is 18.9. The fraction of sp³-hybridized carbons (Fsp3) is 0.545. The number of aliphatic hydroxyl groups is 2. The highest BCUT2D eigenvalue weighted by atomic mass is 19.1. The van der Waals surface area contributed by atoms with E-state index in [-0.39, 0.29) is 17.6 Å². The van der Waals surface area contributed by atoms with E-state index in [1.165, 1.54) is 17.0 Å². The molecule has 2 N–H and O–H groups in total. The van der Waals surface area contributed by atoms with Crippen LogP contribution in [0.1, 0.15) is 62.1 Å². The quantitative estimate of drug-likeness (QED) is 0.670. The third-order valence-corrected chi connectivity index (χ3v) is 4.97. The lowest BCUT2D eigenvalue weighted by Gasteiger charge is -2.19. The van der Waals surface area contributed by atoms with Crippen molar-refractivity contribution in [2.24, 2.45) is 0 Å². The Labute approximate surface area is 172 Å². The predicted molar refractivity (Wildman–Crippen MR) is 111 cm³/mol. The number of amides is 1. The van der Waals surface area contributed by atoms with Gasteiger partial charge in [-0.2, -0.15) is 0 Å². The summed E-state index contributed by atoms with van der Waals surface area (Å²) in [6.45, 7) is 6.29. The molecule has 1 aromatic carbocycles. The van der Waals surface area contributed by atoms with Gasteiger partial charge in [0, 0.05) is 26.2 Å². The summed E-state index contributed by atoms with van der Waals surface area (Å²) >= 11 is 0. The number of hydrogen-bond donors (Lipinski definition) is 2. The van der Waals surface area contributed by atoms with E-state index in [2.05, 4.69) is 4.98 Å². The van der Waals surface area contributed by atoms with Gasteiger partial charge in [-0.05, 0) is 49.4 Å². The van der Waals surface area contributed by atoms with Crippen molar-refractivity contribution in [1.29, 1.82) is 0 Å². The summed E-state index contributed by atoms with van der Waals surface area (Å²) in [6, 6.07) is 6.01. The molecule has 2 rings (SSSR count). The van der Waals surface area contributed by atoms with Crippen molar-refractivity contribution in [1.82, 2.24) is 14.5 Å². The molecule has 2 aromatic rings. The lowest BCUT2D eigenvalue weighted by atomic mass is 10.1. The summed E-state index contributed by atoms with van der Waals surface area (Å²) in [6.07, 6.45) is 0.0946. The van der Waals surface area contributed by atoms with E-state index in [4.69, 9.17) is 0 Å². The number of nitrogens with zero attached hydrogens (tertiary/aromatic N) is 3. The zero-order valence-corrected chi connectivity index (χ0v) is 17.9. The second kappa shape index (κ2) is 9.98. The Hall–Kier alpha value is -2.25. The first-order valence-electron chi connectivity index (χ1n) is 10.1. The average Bonchev–Trinajstić information content (AvgIpc) is 3.05. The molecule has 1 amide bonds. The van der Waals surface area contributed by atoms with Gasteiger partial charge in [0.2, 0.25) is 0 Å². The highest BCUT2D eigenvalue weighted by molar-refractivity contribution is 5.94. The van der Waals surface area contributed by atoms with Crippen LogP contribution in [-0.2, 0) is 6.54 Å². The number of imidazole rings is 1. The molecule has 29 heavy (non-hydrogen) atoms. The summed E-state index contributed by atoms with van der Waals surface area (Å²) in [5.74, 6) is 0.0541. The maximum Gasteiger partial charge on any atom is 0.273 e. The number of benzene rings is 1. The molecule has 0 aliphatic heterocycles. The van der Waals surface area contributed by atoms with E-state index in [1.54, 1.807) is 26.2 Å². The molecule has 1 heterocycles. The molecule has 0 radical (unpaired) electrons. The Bertz CT molecular complexity index is 815. The maximum absolute atomic E-state index is 13.4. The molecule has 2 unspecified atom stereocenters. The van der Waals surface area contributed by atoms with Crippen LogP contribution in [0.2, 0.25) is 0 Å². The summed E-state index contributed by atoms with van der Waals surface area (Å²) in [7, 11) is 3.36. The molecule has 2 atom stereocenters. The highest BCUT2D eigenvalue weighted by Gasteiger charge is 2.26. The molecule has 0 spiro atoms. The molecule has 0 bridgehead atoms. The van der Waals surface area contributed by atoms with Crippen molar-refractivity contribution in [3.63, 3.8) is 0 Å². The number of carbonyl (C=O) groups excluding carboxylic acids is 1. The Morgan fingerprint density at radius 3 is 2.31 bits per heavy atom. The number of aliphatic hydroxyl groups excluding tert-OH is 2. The molecule has 160 valence electrons. The zero-order chi connectivity index (χ0) is 21.7. The topological polar surface area (TPSA) is 78.6 Å². The van der Waals surface area contributed by atoms with Crippen LogP contribution in [0.5, 0.6) is 0 Å². The molecule has 0 saturated carbocycles. The molecule has 0 aliphatic carbocycles. The SMILES string of the molecule is CCC(O)CC(O)CCn1c(-c2ccc(F)cc2)nc(C(=O)N(C)C)c1C(C)C. The summed E-state index contributed by atoms with van der Waals surface area (Å²) in [5.41, 5.74) is 1.85. The molecular weight excluding hydrogens is 373 g/mol. The minimum atomic E-state index is -0.665. The maximum atomic E-state index is 13.4. The lowest BCUT2D eigenvalue weighted by molar-refractivity contribution is 0.0711. The molecule has 6 nitrogen and oxygen atoms in total. The first-order chi connectivity index (χ1) is 13.6. The van der Waals surface area contributed by atoms with Crippen molar-refractivity contribution in [2.45, 2.75) is 64.7 Å². The molecular formula is C22H32FN3O3. The van der Waals surface area contributed by atoms with Crippen LogP contribution in [0.4, 0.5) is 4.39 Å². The molecule has 0 saturated heterocycles. The van der Waals surface area contributed by atoms with E-state index in [0.717, 1.165) is 5.69 Å². The van der Waals surface area contributed by atoms with Crippen LogP contribution in [0, 0.1) is 5.82 Å². The third-order valence-electron chi connectivity index (χ3n) is 4.97. The zero-order valence-electron chi connectivity index (χ0n) is 17.9. The first-order valence-corrected chi connectivity index (χ1v) is 10.1. The minimum Gasteiger partial charge on any atom is -0.393 e. The van der Waals surface area contributed by atoms with E-state index in [1.807, 2.05) is 25.3 Å². The van der Waals surface area contributed by atoms with Crippen LogP contribution in [0.15, 0.2) is 24.3 Å². The van der Waals surface area contributed by atoms with Gasteiger partial charge in [0.05, 0.1) is 17.9 Å². The fourth-order valence-corrected chi connectivity index (χ4v) is 3.34. The van der Waals surface area contributed by atoms with Crippen LogP contribution in [0.3, 0.4) is 0 Å². The van der Waals surface area contributed by atoms with Gasteiger partial charge in [-0.25, -0.2) is 9.37 Å². The standard InChI is InChI=1S/C22H32FN3O3/c1-6-17(27)13-18(28)11-12-26-20(14(2)3)19(22(29)25(4)5)24-21(26)15-7-9-16(23)10-8-15/h7-10,14,17-18,27-28H,6,11-13H2,1-5H3. The van der Waals surface area contributed by atoms with Crippen molar-refractivity contribution in [3.8, 4) is 11.4 Å². The van der Waals surface area contributed by atoms with E-state index in [9.17, 15) is 19.4 Å². The van der Waals surface area contributed by atoms with Crippen LogP contribution in [-0.4, -0.2) is 56.9 Å². The van der Waals surface area contributed by atoms with Crippen LogP contribution in [0.25, 0.3) is 11.4 Å². The largest absolute Gasteiger partial charge is 0.393 e. The molecule has 7 heteroatoms. The van der Waals surface area contributed by atoms with Crippen molar-refractivity contribution in [2.75, 3.05) is 14.1 Å². The lowest BCUT2D eigenvalue weighted by Crippen LogP contribution is -2.24.